The van der Waals surface area contributed by atoms with Crippen LogP contribution in [0.4, 0.5) is 0 Å². The molecule has 2 aromatic rings. The van der Waals surface area contributed by atoms with Crippen LogP contribution in [0.5, 0.6) is 0 Å². The minimum atomic E-state index is -0.515. The van der Waals surface area contributed by atoms with Crippen LogP contribution in [0.25, 0.3) is 0 Å². The van der Waals surface area contributed by atoms with Crippen LogP contribution in [-0.4, -0.2) is 34.3 Å². The van der Waals surface area contributed by atoms with Crippen molar-refractivity contribution in [3.63, 3.8) is 0 Å². The maximum Gasteiger partial charge on any atom is 0.0716 e. The average Bonchev–Trinajstić information content (AvgIpc) is 2.70. The van der Waals surface area contributed by atoms with Crippen molar-refractivity contribution >= 4 is 0 Å². The molecule has 2 heterocycles. The Morgan fingerprint density at radius 3 is 2.14 bits per heavy atom. The van der Waals surface area contributed by atoms with Gasteiger partial charge in [0.2, 0.25) is 0 Å². The van der Waals surface area contributed by atoms with E-state index in [1.165, 1.54) is 30.4 Å². The van der Waals surface area contributed by atoms with E-state index in [1.54, 1.807) is 0 Å². The first-order chi connectivity index (χ1) is 13.7. The zero-order valence-electron chi connectivity index (χ0n) is 16.8. The third kappa shape index (κ3) is 5.02. The highest BCUT2D eigenvalue weighted by Gasteiger charge is 2.44. The first kappa shape index (κ1) is 19.6. The predicted molar refractivity (Wildman–Crippen MR) is 113 cm³/mol. The van der Waals surface area contributed by atoms with Crippen LogP contribution >= 0.6 is 0 Å². The van der Waals surface area contributed by atoms with E-state index in [9.17, 15) is 5.11 Å². The van der Waals surface area contributed by atoms with Crippen molar-refractivity contribution in [3.8, 4) is 0 Å². The number of rotatable bonds is 8. The van der Waals surface area contributed by atoms with Crippen molar-refractivity contribution in [2.75, 3.05) is 6.61 Å². The molecule has 2 fully saturated rings. The van der Waals surface area contributed by atoms with Gasteiger partial charge in [0.1, 0.15) is 0 Å². The topological polar surface area (TPSA) is 32.7 Å². The lowest BCUT2D eigenvalue weighted by molar-refractivity contribution is -0.102. The molecule has 0 saturated carbocycles. The molecule has 2 unspecified atom stereocenters. The maximum atomic E-state index is 11.3. The van der Waals surface area contributed by atoms with Gasteiger partial charge in [0.25, 0.3) is 0 Å². The molecule has 2 aromatic carbocycles. The Balaban J connectivity index is 1.26. The summed E-state index contributed by atoms with van der Waals surface area (Å²) in [7, 11) is 0. The van der Waals surface area contributed by atoms with E-state index in [0.29, 0.717) is 18.7 Å². The quantitative estimate of drug-likeness (QED) is 0.660. The summed E-state index contributed by atoms with van der Waals surface area (Å²) in [5, 5.41) is 11.3. The smallest absolute Gasteiger partial charge is 0.0716 e. The van der Waals surface area contributed by atoms with Gasteiger partial charge in [-0.15, -0.1) is 0 Å². The number of nitrogens with zero attached hydrogens (tertiary/aromatic N) is 1. The van der Waals surface area contributed by atoms with Crippen LogP contribution in [0, 0.1) is 0 Å². The number of hydrogen-bond acceptors (Lipinski definition) is 3. The standard InChI is InChI=1S/C25H33NO2/c27-25(15-8-16-28-20-22-11-5-2-6-12-22)17-23-13-7-14-24(18-25)26(23)19-21-9-3-1-4-10-21/h1-6,9-12,23-24,27H,7-8,13-20H2. The lowest BCUT2D eigenvalue weighted by Gasteiger charge is -2.52. The second-order valence-corrected chi connectivity index (χ2v) is 8.67. The molecule has 0 radical (unpaired) electrons. The van der Waals surface area contributed by atoms with E-state index in [0.717, 1.165) is 38.8 Å². The van der Waals surface area contributed by atoms with E-state index >= 15 is 0 Å². The van der Waals surface area contributed by atoms with Crippen molar-refractivity contribution in [1.29, 1.82) is 0 Å². The summed E-state index contributed by atoms with van der Waals surface area (Å²) in [5.74, 6) is 0. The van der Waals surface area contributed by atoms with Crippen LogP contribution in [0.3, 0.4) is 0 Å². The molecule has 2 bridgehead atoms. The lowest BCUT2D eigenvalue weighted by Crippen LogP contribution is -2.57. The number of hydrogen-bond donors (Lipinski definition) is 1. The van der Waals surface area contributed by atoms with E-state index in [-0.39, 0.29) is 0 Å². The molecule has 2 aliphatic heterocycles. The van der Waals surface area contributed by atoms with E-state index in [4.69, 9.17) is 4.74 Å². The summed E-state index contributed by atoms with van der Waals surface area (Å²) < 4.78 is 5.83. The summed E-state index contributed by atoms with van der Waals surface area (Å²) in [4.78, 5) is 2.67. The number of piperidine rings is 2. The maximum absolute atomic E-state index is 11.3. The van der Waals surface area contributed by atoms with Gasteiger partial charge in [0.05, 0.1) is 12.2 Å². The van der Waals surface area contributed by atoms with Gasteiger partial charge in [-0.25, -0.2) is 0 Å². The molecule has 2 aliphatic rings. The molecular formula is C25H33NO2. The Hall–Kier alpha value is -1.68. The first-order valence-corrected chi connectivity index (χ1v) is 10.9. The Kier molecular flexibility index (Phi) is 6.46. The van der Waals surface area contributed by atoms with Crippen molar-refractivity contribution in [2.24, 2.45) is 0 Å². The number of aliphatic hydroxyl groups is 1. The SMILES string of the molecule is OC1(CCCOCc2ccccc2)CC2CCCC(C1)N2Cc1ccccc1. The molecule has 2 atom stereocenters. The molecule has 3 nitrogen and oxygen atoms in total. The molecule has 3 heteroatoms. The zero-order chi connectivity index (χ0) is 19.2. The number of fused-ring (bicyclic) bond motifs is 2. The van der Waals surface area contributed by atoms with E-state index in [1.807, 2.05) is 18.2 Å². The van der Waals surface area contributed by atoms with Crippen LogP contribution in [0.15, 0.2) is 60.7 Å². The summed E-state index contributed by atoms with van der Waals surface area (Å²) in [6.45, 7) is 2.40. The fourth-order valence-electron chi connectivity index (χ4n) is 5.14. The average molecular weight is 380 g/mol. The molecule has 28 heavy (non-hydrogen) atoms. The van der Waals surface area contributed by atoms with Gasteiger partial charge >= 0.3 is 0 Å². The highest BCUT2D eigenvalue weighted by atomic mass is 16.5. The van der Waals surface area contributed by atoms with Crippen molar-refractivity contribution < 1.29 is 9.84 Å². The van der Waals surface area contributed by atoms with Crippen LogP contribution < -0.4 is 0 Å². The fraction of sp³-hybridized carbons (Fsp3) is 0.520. The molecule has 150 valence electrons. The number of benzene rings is 2. The van der Waals surface area contributed by atoms with Gasteiger partial charge in [0.15, 0.2) is 0 Å². The molecule has 2 saturated heterocycles. The molecule has 0 spiro atoms. The highest BCUT2D eigenvalue weighted by molar-refractivity contribution is 5.16. The Morgan fingerprint density at radius 2 is 1.50 bits per heavy atom. The molecule has 1 N–H and O–H groups in total. The zero-order valence-corrected chi connectivity index (χ0v) is 16.8. The van der Waals surface area contributed by atoms with Gasteiger partial charge in [-0.1, -0.05) is 67.1 Å². The van der Waals surface area contributed by atoms with Crippen molar-refractivity contribution in [3.05, 3.63) is 71.8 Å². The minimum absolute atomic E-state index is 0.515. The van der Waals surface area contributed by atoms with Crippen LogP contribution in [0.1, 0.15) is 56.1 Å². The van der Waals surface area contributed by atoms with Gasteiger partial charge in [-0.3, -0.25) is 4.90 Å². The van der Waals surface area contributed by atoms with Gasteiger partial charge < -0.3 is 9.84 Å². The predicted octanol–water partition coefficient (Wildman–Crippen LogP) is 4.93. The Bertz CT molecular complexity index is 704. The van der Waals surface area contributed by atoms with E-state index < -0.39 is 5.60 Å². The summed E-state index contributed by atoms with van der Waals surface area (Å²) in [6.07, 6.45) is 7.35. The third-order valence-corrected chi connectivity index (χ3v) is 6.49. The highest BCUT2D eigenvalue weighted by Crippen LogP contribution is 2.41. The normalized spacial score (nSPS) is 27.6. The molecule has 4 rings (SSSR count). The van der Waals surface area contributed by atoms with Gasteiger partial charge in [-0.05, 0) is 49.7 Å². The summed E-state index contributed by atoms with van der Waals surface area (Å²) in [6, 6.07) is 22.1. The molecule has 0 amide bonds. The lowest BCUT2D eigenvalue weighted by atomic mass is 9.73. The molecule has 0 aromatic heterocycles. The van der Waals surface area contributed by atoms with Crippen molar-refractivity contribution in [2.45, 2.75) is 75.8 Å². The van der Waals surface area contributed by atoms with Crippen LogP contribution in [0.2, 0.25) is 0 Å². The van der Waals surface area contributed by atoms with Gasteiger partial charge in [0, 0.05) is 25.2 Å². The monoisotopic (exact) mass is 379 g/mol. The molecule has 0 aliphatic carbocycles. The minimum Gasteiger partial charge on any atom is -0.390 e. The summed E-state index contributed by atoms with van der Waals surface area (Å²) in [5.41, 5.74) is 2.09. The largest absolute Gasteiger partial charge is 0.390 e. The second-order valence-electron chi connectivity index (χ2n) is 8.67. The third-order valence-electron chi connectivity index (χ3n) is 6.49. The van der Waals surface area contributed by atoms with Crippen LogP contribution in [-0.2, 0) is 17.9 Å². The molecular weight excluding hydrogens is 346 g/mol. The van der Waals surface area contributed by atoms with Crippen molar-refractivity contribution in [1.82, 2.24) is 4.90 Å². The fourth-order valence-corrected chi connectivity index (χ4v) is 5.14. The van der Waals surface area contributed by atoms with E-state index in [2.05, 4.69) is 47.4 Å². The first-order valence-electron chi connectivity index (χ1n) is 10.9. The van der Waals surface area contributed by atoms with Gasteiger partial charge in [-0.2, -0.15) is 0 Å². The Morgan fingerprint density at radius 1 is 0.893 bits per heavy atom. The number of ether oxygens (including phenoxy) is 1. The Labute approximate surface area is 169 Å². The second kappa shape index (κ2) is 9.21. The summed E-state index contributed by atoms with van der Waals surface area (Å²) >= 11 is 0.